The van der Waals surface area contributed by atoms with Crippen LogP contribution in [0.25, 0.3) is 0 Å². The minimum absolute atomic E-state index is 0.147. The van der Waals surface area contributed by atoms with Gasteiger partial charge in [0.2, 0.25) is 0 Å². The van der Waals surface area contributed by atoms with Crippen LogP contribution in [0.1, 0.15) is 36.8 Å². The first-order chi connectivity index (χ1) is 8.16. The number of ketones is 2. The van der Waals surface area contributed by atoms with Crippen LogP contribution in [0.2, 0.25) is 0 Å². The highest BCUT2D eigenvalue weighted by Crippen LogP contribution is 2.22. The van der Waals surface area contributed by atoms with Crippen molar-refractivity contribution in [3.05, 3.63) is 35.4 Å². The molecule has 1 fully saturated rings. The van der Waals surface area contributed by atoms with Gasteiger partial charge in [-0.3, -0.25) is 9.59 Å². The van der Waals surface area contributed by atoms with Gasteiger partial charge < -0.3 is 0 Å². The summed E-state index contributed by atoms with van der Waals surface area (Å²) in [5.41, 5.74) is 2.44. The number of carbonyl (C=O) groups excluding carboxylic acids is 2. The Bertz CT molecular complexity index is 418. The normalized spacial score (nSPS) is 17.5. The van der Waals surface area contributed by atoms with Gasteiger partial charge in [-0.15, -0.1) is 0 Å². The molecule has 0 amide bonds. The lowest BCUT2D eigenvalue weighted by atomic mass is 9.83. The summed E-state index contributed by atoms with van der Waals surface area (Å²) in [5, 5.41) is 0. The number of hydrogen-bond acceptors (Lipinski definition) is 2. The Balaban J connectivity index is 1.97. The second-order valence-electron chi connectivity index (χ2n) is 4.87. The van der Waals surface area contributed by atoms with Crippen molar-refractivity contribution >= 4 is 11.6 Å². The van der Waals surface area contributed by atoms with E-state index in [4.69, 9.17) is 0 Å². The topological polar surface area (TPSA) is 34.1 Å². The van der Waals surface area contributed by atoms with E-state index in [2.05, 4.69) is 25.1 Å². The second kappa shape index (κ2) is 5.26. The molecule has 1 saturated carbocycles. The van der Waals surface area contributed by atoms with Crippen LogP contribution >= 0.6 is 0 Å². The SMILES string of the molecule is Cc1cccc(CCC2C(=O)CCCC2=O)c1. The van der Waals surface area contributed by atoms with E-state index in [9.17, 15) is 9.59 Å². The van der Waals surface area contributed by atoms with E-state index >= 15 is 0 Å². The van der Waals surface area contributed by atoms with Crippen molar-refractivity contribution in [2.45, 2.75) is 39.0 Å². The summed E-state index contributed by atoms with van der Waals surface area (Å²) >= 11 is 0. The third kappa shape index (κ3) is 3.02. The van der Waals surface area contributed by atoms with Gasteiger partial charge in [0.25, 0.3) is 0 Å². The number of benzene rings is 1. The fourth-order valence-corrected chi connectivity index (χ4v) is 2.47. The fraction of sp³-hybridized carbons (Fsp3) is 0.467. The Kier molecular flexibility index (Phi) is 3.72. The zero-order valence-electron chi connectivity index (χ0n) is 10.2. The summed E-state index contributed by atoms with van der Waals surface area (Å²) in [5.74, 6) is -0.0351. The van der Waals surface area contributed by atoms with Crippen LogP contribution in [0.3, 0.4) is 0 Å². The Labute approximate surface area is 102 Å². The number of carbonyl (C=O) groups is 2. The van der Waals surface area contributed by atoms with Crippen LogP contribution in [-0.2, 0) is 16.0 Å². The zero-order chi connectivity index (χ0) is 12.3. The van der Waals surface area contributed by atoms with Crippen LogP contribution in [0, 0.1) is 12.8 Å². The van der Waals surface area contributed by atoms with Gasteiger partial charge >= 0.3 is 0 Å². The smallest absolute Gasteiger partial charge is 0.143 e. The molecule has 0 atom stereocenters. The summed E-state index contributed by atoms with van der Waals surface area (Å²) in [4.78, 5) is 23.3. The summed E-state index contributed by atoms with van der Waals surface area (Å²) in [6.45, 7) is 2.06. The largest absolute Gasteiger partial charge is 0.299 e. The van der Waals surface area contributed by atoms with Crippen LogP contribution in [0.15, 0.2) is 24.3 Å². The summed E-state index contributed by atoms with van der Waals surface area (Å²) in [6, 6.07) is 8.26. The molecule has 0 unspecified atom stereocenters. The van der Waals surface area contributed by atoms with Gasteiger partial charge in [0.1, 0.15) is 11.6 Å². The third-order valence-electron chi connectivity index (χ3n) is 3.43. The summed E-state index contributed by atoms with van der Waals surface area (Å²) in [7, 11) is 0. The molecule has 1 aliphatic rings. The number of rotatable bonds is 3. The second-order valence-corrected chi connectivity index (χ2v) is 4.87. The molecule has 0 radical (unpaired) electrons. The maximum Gasteiger partial charge on any atom is 0.143 e. The van der Waals surface area contributed by atoms with Crippen LogP contribution in [0.5, 0.6) is 0 Å². The predicted molar refractivity (Wildman–Crippen MR) is 66.9 cm³/mol. The fourth-order valence-electron chi connectivity index (χ4n) is 2.47. The number of hydrogen-bond donors (Lipinski definition) is 0. The van der Waals surface area contributed by atoms with Crippen LogP contribution in [0.4, 0.5) is 0 Å². The number of aryl methyl sites for hydroxylation is 2. The third-order valence-corrected chi connectivity index (χ3v) is 3.43. The maximum absolute atomic E-state index is 11.7. The lowest BCUT2D eigenvalue weighted by molar-refractivity contribution is -0.135. The van der Waals surface area contributed by atoms with Gasteiger partial charge in [-0.1, -0.05) is 29.8 Å². The standard InChI is InChI=1S/C15H18O2/c1-11-4-2-5-12(10-11)8-9-13-14(16)6-3-7-15(13)17/h2,4-5,10,13H,3,6-9H2,1H3. The molecule has 0 saturated heterocycles. The molecule has 0 spiro atoms. The molecule has 0 bridgehead atoms. The van der Waals surface area contributed by atoms with Crippen molar-refractivity contribution in [2.75, 3.05) is 0 Å². The average Bonchev–Trinajstić information content (AvgIpc) is 2.28. The molecule has 1 aromatic rings. The van der Waals surface area contributed by atoms with E-state index in [1.807, 2.05) is 6.07 Å². The van der Waals surface area contributed by atoms with Crippen LogP contribution < -0.4 is 0 Å². The van der Waals surface area contributed by atoms with Gasteiger partial charge in [0, 0.05) is 12.8 Å². The van der Waals surface area contributed by atoms with Crippen molar-refractivity contribution < 1.29 is 9.59 Å². The minimum Gasteiger partial charge on any atom is -0.299 e. The van der Waals surface area contributed by atoms with Crippen molar-refractivity contribution in [2.24, 2.45) is 5.92 Å². The average molecular weight is 230 g/mol. The van der Waals surface area contributed by atoms with Crippen molar-refractivity contribution in [1.82, 2.24) is 0 Å². The van der Waals surface area contributed by atoms with Gasteiger partial charge in [0.15, 0.2) is 0 Å². The lowest BCUT2D eigenvalue weighted by Crippen LogP contribution is -2.28. The van der Waals surface area contributed by atoms with Gasteiger partial charge in [-0.2, -0.15) is 0 Å². The van der Waals surface area contributed by atoms with Crippen molar-refractivity contribution in [3.8, 4) is 0 Å². The molecule has 90 valence electrons. The Morgan fingerprint density at radius 2 is 1.88 bits per heavy atom. The molecular weight excluding hydrogens is 212 g/mol. The number of Topliss-reactive ketones (excluding diaryl/α,β-unsaturated/α-hetero) is 2. The highest BCUT2D eigenvalue weighted by molar-refractivity contribution is 6.04. The van der Waals surface area contributed by atoms with Gasteiger partial charge in [-0.25, -0.2) is 0 Å². The highest BCUT2D eigenvalue weighted by atomic mass is 16.2. The quantitative estimate of drug-likeness (QED) is 0.748. The lowest BCUT2D eigenvalue weighted by Gasteiger charge is -2.19. The highest BCUT2D eigenvalue weighted by Gasteiger charge is 2.29. The molecule has 2 rings (SSSR count). The first-order valence-corrected chi connectivity index (χ1v) is 6.28. The molecule has 2 heteroatoms. The van der Waals surface area contributed by atoms with E-state index in [1.165, 1.54) is 11.1 Å². The van der Waals surface area contributed by atoms with Crippen LogP contribution in [-0.4, -0.2) is 11.6 Å². The molecular formula is C15H18O2. The maximum atomic E-state index is 11.7. The molecule has 0 N–H and O–H groups in total. The summed E-state index contributed by atoms with van der Waals surface area (Å²) in [6.07, 6.45) is 3.43. The Hall–Kier alpha value is -1.44. The van der Waals surface area contributed by atoms with Gasteiger partial charge in [0.05, 0.1) is 5.92 Å². The molecule has 0 aliphatic heterocycles. The van der Waals surface area contributed by atoms with Crippen molar-refractivity contribution in [3.63, 3.8) is 0 Å². The first-order valence-electron chi connectivity index (χ1n) is 6.28. The summed E-state index contributed by atoms with van der Waals surface area (Å²) < 4.78 is 0. The van der Waals surface area contributed by atoms with E-state index < -0.39 is 0 Å². The predicted octanol–water partition coefficient (Wildman–Crippen LogP) is 2.87. The molecule has 0 aromatic heterocycles. The van der Waals surface area contributed by atoms with E-state index in [0.29, 0.717) is 19.3 Å². The molecule has 17 heavy (non-hydrogen) atoms. The van der Waals surface area contributed by atoms with E-state index in [1.54, 1.807) is 0 Å². The van der Waals surface area contributed by atoms with Crippen molar-refractivity contribution in [1.29, 1.82) is 0 Å². The first kappa shape index (κ1) is 12.0. The Morgan fingerprint density at radius 3 is 2.53 bits per heavy atom. The minimum atomic E-state index is -0.329. The Morgan fingerprint density at radius 1 is 1.18 bits per heavy atom. The monoisotopic (exact) mass is 230 g/mol. The van der Waals surface area contributed by atoms with Gasteiger partial charge in [-0.05, 0) is 31.7 Å². The zero-order valence-corrected chi connectivity index (χ0v) is 10.2. The van der Waals surface area contributed by atoms with E-state index in [-0.39, 0.29) is 17.5 Å². The molecule has 0 heterocycles. The van der Waals surface area contributed by atoms with E-state index in [0.717, 1.165) is 12.8 Å². The molecule has 1 aromatic carbocycles. The molecule has 2 nitrogen and oxygen atoms in total. The molecule has 1 aliphatic carbocycles.